The molecule has 0 atom stereocenters. The fourth-order valence-corrected chi connectivity index (χ4v) is 1.45. The summed E-state index contributed by atoms with van der Waals surface area (Å²) in [7, 11) is 0. The number of halogens is 12. The van der Waals surface area contributed by atoms with Gasteiger partial charge in [0.25, 0.3) is 0 Å². The summed E-state index contributed by atoms with van der Waals surface area (Å²) in [4.78, 5) is 10.3. The van der Waals surface area contributed by atoms with Crippen molar-refractivity contribution in [1.29, 1.82) is 0 Å². The van der Waals surface area contributed by atoms with Gasteiger partial charge >= 0.3 is 24.1 Å². The average Bonchev–Trinajstić information content (AvgIpc) is 2.37. The zero-order chi connectivity index (χ0) is 18.5. The van der Waals surface area contributed by atoms with Crippen LogP contribution >= 0.6 is 0 Å². The van der Waals surface area contributed by atoms with Crippen LogP contribution in [-0.4, -0.2) is 18.1 Å². The first-order valence-electron chi connectivity index (χ1n) is 4.97. The third-order valence-electron chi connectivity index (χ3n) is 2.53. The molecule has 0 saturated heterocycles. The van der Waals surface area contributed by atoms with E-state index >= 15 is 0 Å². The van der Waals surface area contributed by atoms with Gasteiger partial charge in [-0.3, -0.25) is 4.79 Å². The van der Waals surface area contributed by atoms with Gasteiger partial charge in [-0.2, -0.15) is 35.1 Å². The molecule has 1 rings (SSSR count). The van der Waals surface area contributed by atoms with Gasteiger partial charge in [-0.05, 0) is 0 Å². The Kier molecular flexibility index (Phi) is 4.40. The first-order valence-corrected chi connectivity index (χ1v) is 4.97. The van der Waals surface area contributed by atoms with Crippen LogP contribution in [0.1, 0.15) is 15.9 Å². The van der Waals surface area contributed by atoms with E-state index in [9.17, 15) is 57.5 Å². The van der Waals surface area contributed by atoms with Crippen molar-refractivity contribution >= 4 is 6.04 Å². The Bertz CT molecular complexity index is 659. The van der Waals surface area contributed by atoms with Crippen LogP contribution in [0.4, 0.5) is 52.7 Å². The lowest BCUT2D eigenvalue weighted by Gasteiger charge is -2.29. The quantitative estimate of drug-likeness (QED) is 0.331. The van der Waals surface area contributed by atoms with Crippen LogP contribution in [-0.2, 0) is 5.92 Å². The van der Waals surface area contributed by atoms with Crippen LogP contribution in [0.3, 0.4) is 0 Å². The Morgan fingerprint density at radius 3 is 1.43 bits per heavy atom. The van der Waals surface area contributed by atoms with Crippen molar-refractivity contribution in [3.05, 3.63) is 34.4 Å². The number of benzene rings is 1. The summed E-state index contributed by atoms with van der Waals surface area (Å²) in [5.41, 5.74) is -6.71. The van der Waals surface area contributed by atoms with Crippen LogP contribution in [0.15, 0.2) is 0 Å². The molecular weight excluding hydrogens is 364 g/mol. The standard InChI is InChI=1S/C10F12O/c11-3-1(7(15)23)2(4(12)6(14)5(3)13)8(16,17)9(18,19)10(20,21)22. The summed E-state index contributed by atoms with van der Waals surface area (Å²) in [6.07, 6.45) is -7.08. The summed E-state index contributed by atoms with van der Waals surface area (Å²) >= 11 is 0. The summed E-state index contributed by atoms with van der Waals surface area (Å²) in [5, 5.41) is 0. The lowest BCUT2D eigenvalue weighted by atomic mass is 9.95. The minimum absolute atomic E-state index is 3.06. The molecule has 13 heteroatoms. The molecule has 0 saturated carbocycles. The van der Waals surface area contributed by atoms with Crippen LogP contribution in [0.25, 0.3) is 0 Å². The predicted molar refractivity (Wildman–Crippen MR) is 46.6 cm³/mol. The second kappa shape index (κ2) is 5.30. The molecule has 0 aliphatic carbocycles. The van der Waals surface area contributed by atoms with Gasteiger partial charge in [-0.15, -0.1) is 0 Å². The van der Waals surface area contributed by atoms with E-state index in [1.807, 2.05) is 0 Å². The number of hydrogen-bond donors (Lipinski definition) is 0. The Hall–Kier alpha value is -1.95. The molecule has 0 unspecified atom stereocenters. The zero-order valence-corrected chi connectivity index (χ0v) is 9.94. The highest BCUT2D eigenvalue weighted by molar-refractivity contribution is 5.91. The molecule has 0 aromatic heterocycles. The van der Waals surface area contributed by atoms with E-state index in [2.05, 4.69) is 0 Å². The molecule has 0 bridgehead atoms. The van der Waals surface area contributed by atoms with Gasteiger partial charge in [0.15, 0.2) is 23.3 Å². The zero-order valence-electron chi connectivity index (χ0n) is 9.94. The summed E-state index contributed by atoms with van der Waals surface area (Å²) < 4.78 is 152. The van der Waals surface area contributed by atoms with E-state index in [0.29, 0.717) is 0 Å². The maximum atomic E-state index is 13.3. The van der Waals surface area contributed by atoms with E-state index in [-0.39, 0.29) is 0 Å². The normalized spacial score (nSPS) is 13.4. The Balaban J connectivity index is 3.96. The molecule has 0 fully saturated rings. The molecular formula is C10F12O. The van der Waals surface area contributed by atoms with Crippen molar-refractivity contribution in [2.75, 3.05) is 0 Å². The number of alkyl halides is 7. The highest BCUT2D eigenvalue weighted by Crippen LogP contribution is 2.53. The molecule has 0 aliphatic heterocycles. The predicted octanol–water partition coefficient (Wildman–Crippen LogP) is 4.64. The molecule has 23 heavy (non-hydrogen) atoms. The monoisotopic (exact) mass is 364 g/mol. The molecule has 0 N–H and O–H groups in total. The second-order valence-corrected chi connectivity index (χ2v) is 3.93. The van der Waals surface area contributed by atoms with Crippen molar-refractivity contribution < 1.29 is 57.5 Å². The molecule has 130 valence electrons. The lowest BCUT2D eigenvalue weighted by Crippen LogP contribution is -2.51. The van der Waals surface area contributed by atoms with E-state index in [0.717, 1.165) is 0 Å². The Morgan fingerprint density at radius 2 is 1.09 bits per heavy atom. The van der Waals surface area contributed by atoms with Crippen molar-refractivity contribution in [1.82, 2.24) is 0 Å². The van der Waals surface area contributed by atoms with Crippen molar-refractivity contribution in [3.8, 4) is 0 Å². The molecule has 0 aliphatic rings. The van der Waals surface area contributed by atoms with Crippen molar-refractivity contribution in [3.63, 3.8) is 0 Å². The molecule has 0 spiro atoms. The van der Waals surface area contributed by atoms with E-state index in [1.54, 1.807) is 0 Å². The molecule has 1 nitrogen and oxygen atoms in total. The molecule has 0 radical (unpaired) electrons. The number of carbonyl (C=O) groups excluding carboxylic acids is 1. The maximum absolute atomic E-state index is 13.3. The van der Waals surface area contributed by atoms with E-state index < -0.39 is 58.5 Å². The Morgan fingerprint density at radius 1 is 0.696 bits per heavy atom. The summed E-state index contributed by atoms with van der Waals surface area (Å²) in [6, 6.07) is -3.52. The van der Waals surface area contributed by atoms with Gasteiger partial charge in [-0.1, -0.05) is 0 Å². The van der Waals surface area contributed by atoms with Crippen LogP contribution < -0.4 is 0 Å². The molecule has 1 aromatic rings. The fraction of sp³-hybridized carbons (Fsp3) is 0.300. The first-order chi connectivity index (χ1) is 10.1. The topological polar surface area (TPSA) is 17.1 Å². The van der Waals surface area contributed by atoms with Crippen LogP contribution in [0.5, 0.6) is 0 Å². The van der Waals surface area contributed by atoms with Gasteiger partial charge in [0.1, 0.15) is 5.56 Å². The van der Waals surface area contributed by atoms with Crippen LogP contribution in [0.2, 0.25) is 0 Å². The van der Waals surface area contributed by atoms with Gasteiger partial charge in [0.2, 0.25) is 0 Å². The van der Waals surface area contributed by atoms with Crippen molar-refractivity contribution in [2.24, 2.45) is 0 Å². The largest absolute Gasteiger partial charge is 0.460 e. The minimum atomic E-state index is -7.16. The van der Waals surface area contributed by atoms with Crippen LogP contribution in [0, 0.1) is 23.3 Å². The first kappa shape index (κ1) is 19.1. The second-order valence-electron chi connectivity index (χ2n) is 3.93. The van der Waals surface area contributed by atoms with Gasteiger partial charge in [-0.25, -0.2) is 17.6 Å². The van der Waals surface area contributed by atoms with E-state index in [1.165, 1.54) is 0 Å². The fourth-order valence-electron chi connectivity index (χ4n) is 1.45. The third kappa shape index (κ3) is 2.61. The smallest absolute Gasteiger partial charge is 0.255 e. The number of hydrogen-bond acceptors (Lipinski definition) is 1. The molecule has 1 aromatic carbocycles. The average molecular weight is 364 g/mol. The Labute approximate surface area is 117 Å². The molecule has 0 amide bonds. The summed E-state index contributed by atoms with van der Waals surface area (Å²) in [5.74, 6) is -27.0. The minimum Gasteiger partial charge on any atom is -0.255 e. The number of rotatable bonds is 3. The number of carbonyl (C=O) groups is 1. The van der Waals surface area contributed by atoms with Gasteiger partial charge in [0, 0.05) is 0 Å². The third-order valence-corrected chi connectivity index (χ3v) is 2.53. The summed E-state index contributed by atoms with van der Waals surface area (Å²) in [6.45, 7) is 0. The lowest BCUT2D eigenvalue weighted by molar-refractivity contribution is -0.360. The molecule has 0 heterocycles. The van der Waals surface area contributed by atoms with E-state index in [4.69, 9.17) is 0 Å². The van der Waals surface area contributed by atoms with Crippen molar-refractivity contribution in [2.45, 2.75) is 18.0 Å². The highest BCUT2D eigenvalue weighted by Gasteiger charge is 2.75. The van der Waals surface area contributed by atoms with Gasteiger partial charge < -0.3 is 0 Å². The SMILES string of the molecule is O=C(F)c1c(F)c(F)c(F)c(F)c1C(F)(F)C(F)(F)C(F)(F)F. The maximum Gasteiger partial charge on any atom is 0.460 e. The highest BCUT2D eigenvalue weighted by atomic mass is 19.4. The van der Waals surface area contributed by atoms with Gasteiger partial charge in [0.05, 0.1) is 5.56 Å².